The van der Waals surface area contributed by atoms with Crippen LogP contribution in [-0.2, 0) is 18.2 Å². The molecule has 10 nitrogen and oxygen atoms in total. The zero-order valence-electron chi connectivity index (χ0n) is 26.5. The van der Waals surface area contributed by atoms with Gasteiger partial charge in [-0.3, -0.25) is 19.1 Å². The van der Waals surface area contributed by atoms with Crippen LogP contribution in [0.15, 0.2) is 54.9 Å². The van der Waals surface area contributed by atoms with E-state index in [1.165, 1.54) is 0 Å². The second-order valence-corrected chi connectivity index (χ2v) is 12.0. The minimum absolute atomic E-state index is 0.0112. The third-order valence-corrected chi connectivity index (χ3v) is 9.49. The Bertz CT molecular complexity index is 1860. The molecule has 0 radical (unpaired) electrons. The maximum atomic E-state index is 13.6. The molecule has 0 saturated carbocycles. The number of rotatable bonds is 8. The van der Waals surface area contributed by atoms with Gasteiger partial charge in [0.25, 0.3) is 0 Å². The largest absolute Gasteiger partial charge is 0.496 e. The van der Waals surface area contributed by atoms with Crippen molar-refractivity contribution in [1.29, 1.82) is 0 Å². The van der Waals surface area contributed by atoms with Gasteiger partial charge in [-0.25, -0.2) is 4.98 Å². The number of aryl methyl sites for hydroxylation is 2. The fourth-order valence-corrected chi connectivity index (χ4v) is 7.06. The lowest BCUT2D eigenvalue weighted by molar-refractivity contribution is 0.0114. The quantitative estimate of drug-likeness (QED) is 0.229. The number of methoxy groups -OCH3 is 2. The van der Waals surface area contributed by atoms with Gasteiger partial charge in [-0.1, -0.05) is 18.2 Å². The Balaban J connectivity index is 1.17. The van der Waals surface area contributed by atoms with Crippen molar-refractivity contribution in [3.63, 3.8) is 0 Å². The van der Waals surface area contributed by atoms with Crippen molar-refractivity contribution in [3.05, 3.63) is 71.8 Å². The Morgan fingerprint density at radius 3 is 2.53 bits per heavy atom. The van der Waals surface area contributed by atoms with E-state index in [4.69, 9.17) is 19.2 Å². The van der Waals surface area contributed by atoms with Crippen molar-refractivity contribution in [2.24, 2.45) is 7.05 Å². The Morgan fingerprint density at radius 1 is 1.00 bits per heavy atom. The highest BCUT2D eigenvalue weighted by atomic mass is 16.5. The van der Waals surface area contributed by atoms with Crippen molar-refractivity contribution in [2.75, 3.05) is 58.5 Å². The number of carbonyl (C=O) groups is 1. The van der Waals surface area contributed by atoms with Gasteiger partial charge < -0.3 is 23.7 Å². The summed E-state index contributed by atoms with van der Waals surface area (Å²) in [5.74, 6) is 2.36. The first-order chi connectivity index (χ1) is 22.0. The highest BCUT2D eigenvalue weighted by Gasteiger charge is 2.29. The number of Topliss-reactive ketones (excluding diaryl/α,β-unsaturated/α-hetero) is 1. The zero-order chi connectivity index (χ0) is 31.1. The molecule has 3 aromatic heterocycles. The fraction of sp³-hybridized carbons (Fsp3) is 0.400. The molecule has 0 bridgehead atoms. The number of fused-ring (bicyclic) bond motifs is 2. The van der Waals surface area contributed by atoms with E-state index in [1.54, 1.807) is 14.2 Å². The average Bonchev–Trinajstić information content (AvgIpc) is 3.64. The molecular formula is C35H40N6O4. The molecule has 45 heavy (non-hydrogen) atoms. The van der Waals surface area contributed by atoms with Crippen molar-refractivity contribution < 1.29 is 19.0 Å². The van der Waals surface area contributed by atoms with Crippen LogP contribution in [-0.4, -0.2) is 89.3 Å². The van der Waals surface area contributed by atoms with Gasteiger partial charge in [0.2, 0.25) is 5.95 Å². The van der Waals surface area contributed by atoms with Crippen molar-refractivity contribution in [3.8, 4) is 22.8 Å². The summed E-state index contributed by atoms with van der Waals surface area (Å²) in [6.45, 7) is 7.63. The molecule has 2 fully saturated rings. The van der Waals surface area contributed by atoms with E-state index in [0.29, 0.717) is 17.5 Å². The number of ketones is 1. The van der Waals surface area contributed by atoms with E-state index < -0.39 is 0 Å². The summed E-state index contributed by atoms with van der Waals surface area (Å²) in [5, 5.41) is 0.921. The number of morpholine rings is 1. The van der Waals surface area contributed by atoms with E-state index >= 15 is 0 Å². The maximum absolute atomic E-state index is 13.6. The molecule has 0 spiro atoms. The Kier molecular flexibility index (Phi) is 7.93. The second kappa shape index (κ2) is 12.2. The van der Waals surface area contributed by atoms with Gasteiger partial charge in [0.15, 0.2) is 5.78 Å². The van der Waals surface area contributed by atoms with Crippen LogP contribution in [0.25, 0.3) is 27.7 Å². The second-order valence-electron chi connectivity index (χ2n) is 12.0. The molecule has 0 N–H and O–H groups in total. The number of hydrogen-bond acceptors (Lipinski definition) is 8. The minimum atomic E-state index is 0.0112. The SMILES string of the molecule is COc1cc(-c2nc(N3CCC(N4CCOCC4)CC3)n3ccnc(C)c23)ccc1CC(=O)c1cc2c(OC)cccc2n1C. The molecule has 2 aliphatic rings. The number of ether oxygens (including phenoxy) is 3. The maximum Gasteiger partial charge on any atom is 0.210 e. The molecular weight excluding hydrogens is 568 g/mol. The molecule has 0 amide bonds. The number of piperidine rings is 1. The normalized spacial score (nSPS) is 16.5. The van der Waals surface area contributed by atoms with Crippen LogP contribution >= 0.6 is 0 Å². The molecule has 7 rings (SSSR count). The van der Waals surface area contributed by atoms with Crippen molar-refractivity contribution >= 4 is 28.2 Å². The number of anilines is 1. The number of aromatic nitrogens is 4. The molecule has 0 unspecified atom stereocenters. The lowest BCUT2D eigenvalue weighted by atomic mass is 10.0. The summed E-state index contributed by atoms with van der Waals surface area (Å²) < 4.78 is 21.1. The standard InChI is InChI=1S/C35H40N6O4/c1-23-34-33(37-35(41(34)15-12-36-23)40-13-10-26(11-14-40)39-16-18-45-19-17-39)25-9-8-24(32(21-25)44-4)20-30(42)29-22-27-28(38(29)2)6-5-7-31(27)43-3/h5-9,12,15,21-22,26H,10-11,13-14,16-20H2,1-4H3. The number of nitrogens with zero attached hydrogens (tertiary/aromatic N) is 6. The number of carbonyl (C=O) groups excluding carboxylic acids is 1. The van der Waals surface area contributed by atoms with Crippen molar-refractivity contribution in [1.82, 2.24) is 23.8 Å². The molecule has 10 heteroatoms. The Morgan fingerprint density at radius 2 is 1.78 bits per heavy atom. The topological polar surface area (TPSA) is 86.4 Å². The molecule has 0 aliphatic carbocycles. The summed E-state index contributed by atoms with van der Waals surface area (Å²) in [7, 11) is 5.21. The van der Waals surface area contributed by atoms with Gasteiger partial charge in [0, 0.05) is 74.6 Å². The van der Waals surface area contributed by atoms with E-state index in [-0.39, 0.29) is 12.2 Å². The van der Waals surface area contributed by atoms with E-state index in [0.717, 1.165) is 103 Å². The summed E-state index contributed by atoms with van der Waals surface area (Å²) in [4.78, 5) is 28.4. The fourth-order valence-electron chi connectivity index (χ4n) is 7.06. The third kappa shape index (κ3) is 5.32. The lowest BCUT2D eigenvalue weighted by Crippen LogP contribution is -2.49. The predicted molar refractivity (Wildman–Crippen MR) is 175 cm³/mol. The molecule has 2 aromatic carbocycles. The summed E-state index contributed by atoms with van der Waals surface area (Å²) in [6, 6.07) is 14.4. The smallest absolute Gasteiger partial charge is 0.210 e. The van der Waals surface area contributed by atoms with Gasteiger partial charge in [-0.2, -0.15) is 0 Å². The van der Waals surface area contributed by atoms with Crippen LogP contribution in [0.2, 0.25) is 0 Å². The van der Waals surface area contributed by atoms with Crippen LogP contribution in [0.1, 0.15) is 34.6 Å². The van der Waals surface area contributed by atoms with Crippen LogP contribution < -0.4 is 14.4 Å². The Labute approximate surface area is 263 Å². The van der Waals surface area contributed by atoms with Gasteiger partial charge in [0.1, 0.15) is 17.2 Å². The van der Waals surface area contributed by atoms with Crippen molar-refractivity contribution in [2.45, 2.75) is 32.2 Å². The molecule has 2 aliphatic heterocycles. The monoisotopic (exact) mass is 608 g/mol. The van der Waals surface area contributed by atoms with Crippen LogP contribution in [0.5, 0.6) is 11.5 Å². The minimum Gasteiger partial charge on any atom is -0.496 e. The highest BCUT2D eigenvalue weighted by molar-refractivity contribution is 6.02. The molecule has 0 atom stereocenters. The van der Waals surface area contributed by atoms with E-state index in [2.05, 4.69) is 19.2 Å². The van der Waals surface area contributed by atoms with Gasteiger partial charge in [-0.05, 0) is 44.0 Å². The molecule has 5 aromatic rings. The summed E-state index contributed by atoms with van der Waals surface area (Å²) in [5.41, 5.74) is 6.11. The lowest BCUT2D eigenvalue weighted by Gasteiger charge is -2.40. The molecule has 234 valence electrons. The van der Waals surface area contributed by atoms with Crippen LogP contribution in [0.3, 0.4) is 0 Å². The first-order valence-corrected chi connectivity index (χ1v) is 15.7. The number of imidazole rings is 1. The summed E-state index contributed by atoms with van der Waals surface area (Å²) in [6.07, 6.45) is 6.27. The third-order valence-electron chi connectivity index (χ3n) is 9.49. The highest BCUT2D eigenvalue weighted by Crippen LogP contribution is 2.35. The van der Waals surface area contributed by atoms with E-state index in [9.17, 15) is 4.79 Å². The Hall–Kier alpha value is -4.41. The van der Waals surface area contributed by atoms with E-state index in [1.807, 2.05) is 73.4 Å². The zero-order valence-corrected chi connectivity index (χ0v) is 26.5. The van der Waals surface area contributed by atoms with Crippen LogP contribution in [0, 0.1) is 6.92 Å². The number of hydrogen-bond donors (Lipinski definition) is 0. The first kappa shape index (κ1) is 29.3. The van der Waals surface area contributed by atoms with Crippen LogP contribution in [0.4, 0.5) is 5.95 Å². The molecule has 2 saturated heterocycles. The molecule has 5 heterocycles. The predicted octanol–water partition coefficient (Wildman–Crippen LogP) is 4.94. The summed E-state index contributed by atoms with van der Waals surface area (Å²) >= 11 is 0. The average molecular weight is 609 g/mol. The van der Waals surface area contributed by atoms with Gasteiger partial charge in [0.05, 0.1) is 49.9 Å². The first-order valence-electron chi connectivity index (χ1n) is 15.7. The van der Waals surface area contributed by atoms with Gasteiger partial charge in [-0.15, -0.1) is 0 Å². The number of benzene rings is 2. The van der Waals surface area contributed by atoms with Gasteiger partial charge >= 0.3 is 0 Å².